The van der Waals surface area contributed by atoms with E-state index in [-0.39, 0.29) is 22.3 Å². The molecule has 0 atom stereocenters. The zero-order valence-corrected chi connectivity index (χ0v) is 17.8. The van der Waals surface area contributed by atoms with E-state index in [1.807, 2.05) is 55.5 Å². The van der Waals surface area contributed by atoms with Gasteiger partial charge < -0.3 is 18.6 Å². The van der Waals surface area contributed by atoms with Gasteiger partial charge in [0.25, 0.3) is 5.56 Å². The molecule has 4 rings (SSSR count). The van der Waals surface area contributed by atoms with Crippen LogP contribution in [0.15, 0.2) is 70.9 Å². The Morgan fingerprint density at radius 3 is 2.45 bits per heavy atom. The van der Waals surface area contributed by atoms with Gasteiger partial charge in [0.15, 0.2) is 0 Å². The first-order chi connectivity index (χ1) is 15.0. The van der Waals surface area contributed by atoms with Crippen LogP contribution in [0.4, 0.5) is 0 Å². The van der Waals surface area contributed by atoms with Gasteiger partial charge in [-0.15, -0.1) is 0 Å². The number of nitrogens with zero attached hydrogens (tertiary/aromatic N) is 2. The fraction of sp³-hybridized carbons (Fsp3) is 0.200. The smallest absolute Gasteiger partial charge is 0.275 e. The second-order valence-electron chi connectivity index (χ2n) is 7.31. The summed E-state index contributed by atoms with van der Waals surface area (Å²) in [6, 6.07) is 15.0. The lowest BCUT2D eigenvalue weighted by atomic mass is 10.1. The Labute approximate surface area is 179 Å². The maximum Gasteiger partial charge on any atom is 0.275 e. The van der Waals surface area contributed by atoms with Crippen LogP contribution in [0.25, 0.3) is 27.6 Å². The second kappa shape index (κ2) is 8.14. The molecule has 4 aromatic rings. The highest BCUT2D eigenvalue weighted by Gasteiger charge is 2.19. The summed E-state index contributed by atoms with van der Waals surface area (Å²) in [5.41, 5.74) is 1.84. The third-order valence-corrected chi connectivity index (χ3v) is 5.46. The van der Waals surface area contributed by atoms with Gasteiger partial charge in [0.2, 0.25) is 5.43 Å². The molecule has 0 spiro atoms. The molecule has 158 valence electrons. The SMILES string of the molecule is C=C(OCC)c1cn(Cc2ccc(OC)cc2)c(=O)c2c(c1=O)c1ccccc1n2C. The zero-order valence-electron chi connectivity index (χ0n) is 17.8. The summed E-state index contributed by atoms with van der Waals surface area (Å²) in [7, 11) is 3.41. The molecule has 31 heavy (non-hydrogen) atoms. The fourth-order valence-corrected chi connectivity index (χ4v) is 3.91. The van der Waals surface area contributed by atoms with Gasteiger partial charge in [-0.05, 0) is 30.7 Å². The van der Waals surface area contributed by atoms with Crippen LogP contribution in [0.5, 0.6) is 5.75 Å². The summed E-state index contributed by atoms with van der Waals surface area (Å²) >= 11 is 0. The minimum Gasteiger partial charge on any atom is -0.497 e. The van der Waals surface area contributed by atoms with Gasteiger partial charge >= 0.3 is 0 Å². The van der Waals surface area contributed by atoms with E-state index in [9.17, 15) is 9.59 Å². The molecule has 2 heterocycles. The summed E-state index contributed by atoms with van der Waals surface area (Å²) in [5, 5.41) is 1.12. The van der Waals surface area contributed by atoms with Gasteiger partial charge in [0, 0.05) is 24.1 Å². The molecule has 2 aromatic heterocycles. The third kappa shape index (κ3) is 3.50. The molecule has 0 bridgehead atoms. The quantitative estimate of drug-likeness (QED) is 0.447. The maximum absolute atomic E-state index is 13.6. The van der Waals surface area contributed by atoms with E-state index >= 15 is 0 Å². The standard InChI is InChI=1S/C25H24N2O4/c1-5-31-16(2)20-15-27(14-17-10-12-18(30-4)13-11-17)25(29)23-22(24(20)28)19-8-6-7-9-21(19)26(23)3/h6-13,15H,2,5,14H2,1,3-4H3. The summed E-state index contributed by atoms with van der Waals surface area (Å²) in [6.07, 6.45) is 1.56. The summed E-state index contributed by atoms with van der Waals surface area (Å²) < 4.78 is 14.1. The van der Waals surface area contributed by atoms with Gasteiger partial charge in [-0.3, -0.25) is 9.59 Å². The van der Waals surface area contributed by atoms with E-state index in [4.69, 9.17) is 9.47 Å². The highest BCUT2D eigenvalue weighted by atomic mass is 16.5. The second-order valence-corrected chi connectivity index (χ2v) is 7.31. The molecule has 0 aliphatic heterocycles. The normalized spacial score (nSPS) is 11.1. The minimum absolute atomic E-state index is 0.251. The molecule has 0 amide bonds. The van der Waals surface area contributed by atoms with Crippen LogP contribution in [-0.2, 0) is 18.3 Å². The topological polar surface area (TPSA) is 62.5 Å². The van der Waals surface area contributed by atoms with Gasteiger partial charge in [0.1, 0.15) is 17.0 Å². The predicted molar refractivity (Wildman–Crippen MR) is 124 cm³/mol. The van der Waals surface area contributed by atoms with Crippen molar-refractivity contribution in [2.75, 3.05) is 13.7 Å². The molecule has 6 heteroatoms. The number of fused-ring (bicyclic) bond motifs is 3. The van der Waals surface area contributed by atoms with Gasteiger partial charge in [0.05, 0.1) is 31.2 Å². The largest absolute Gasteiger partial charge is 0.497 e. The Morgan fingerprint density at radius 2 is 1.77 bits per heavy atom. The monoisotopic (exact) mass is 416 g/mol. The van der Waals surface area contributed by atoms with Crippen LogP contribution >= 0.6 is 0 Å². The van der Waals surface area contributed by atoms with E-state index < -0.39 is 0 Å². The van der Waals surface area contributed by atoms with Gasteiger partial charge in [-0.25, -0.2) is 0 Å². The lowest BCUT2D eigenvalue weighted by Crippen LogP contribution is -2.20. The number of hydrogen-bond acceptors (Lipinski definition) is 4. The Balaban J connectivity index is 2.07. The van der Waals surface area contributed by atoms with E-state index in [0.29, 0.717) is 24.1 Å². The van der Waals surface area contributed by atoms with Crippen LogP contribution < -0.4 is 15.7 Å². The molecule has 0 saturated carbocycles. The van der Waals surface area contributed by atoms with Crippen molar-refractivity contribution in [1.29, 1.82) is 0 Å². The molecule has 0 saturated heterocycles. The number of methoxy groups -OCH3 is 1. The molecule has 0 radical (unpaired) electrons. The Hall–Kier alpha value is -3.80. The van der Waals surface area contributed by atoms with Crippen LogP contribution in [0.2, 0.25) is 0 Å². The van der Waals surface area contributed by atoms with E-state index in [1.165, 1.54) is 0 Å². The highest BCUT2D eigenvalue weighted by molar-refractivity contribution is 6.07. The van der Waals surface area contributed by atoms with Crippen molar-refractivity contribution in [3.63, 3.8) is 0 Å². The number of rotatable bonds is 6. The van der Waals surface area contributed by atoms with Crippen molar-refractivity contribution < 1.29 is 9.47 Å². The first-order valence-corrected chi connectivity index (χ1v) is 10.1. The first kappa shape index (κ1) is 20.5. The molecular formula is C25H24N2O4. The summed E-state index contributed by atoms with van der Waals surface area (Å²) in [4.78, 5) is 27.2. The number of aromatic nitrogens is 2. The lowest BCUT2D eigenvalue weighted by molar-refractivity contribution is 0.298. The zero-order chi connectivity index (χ0) is 22.1. The summed E-state index contributed by atoms with van der Waals surface area (Å²) in [5.74, 6) is 0.985. The molecule has 0 N–H and O–H groups in total. The average molecular weight is 416 g/mol. The molecule has 2 aromatic carbocycles. The number of aryl methyl sites for hydroxylation is 1. The Morgan fingerprint density at radius 1 is 1.06 bits per heavy atom. The van der Waals surface area contributed by atoms with Crippen molar-refractivity contribution in [1.82, 2.24) is 9.13 Å². The van der Waals surface area contributed by atoms with Gasteiger partial charge in [-0.1, -0.05) is 36.9 Å². The molecule has 0 aliphatic carbocycles. The summed E-state index contributed by atoms with van der Waals surface area (Å²) in [6.45, 7) is 6.43. The predicted octanol–water partition coefficient (Wildman–Crippen LogP) is 3.92. The fourth-order valence-electron chi connectivity index (χ4n) is 3.91. The number of para-hydroxylation sites is 1. The third-order valence-electron chi connectivity index (χ3n) is 5.46. The maximum atomic E-state index is 13.6. The average Bonchev–Trinajstić information content (AvgIpc) is 3.03. The van der Waals surface area contributed by atoms with Crippen LogP contribution in [0.1, 0.15) is 18.1 Å². The van der Waals surface area contributed by atoms with E-state index in [0.717, 1.165) is 22.2 Å². The molecule has 6 nitrogen and oxygen atoms in total. The van der Waals surface area contributed by atoms with E-state index in [2.05, 4.69) is 6.58 Å². The number of benzene rings is 2. The van der Waals surface area contributed by atoms with Gasteiger partial charge in [-0.2, -0.15) is 0 Å². The first-order valence-electron chi connectivity index (χ1n) is 10.1. The number of ether oxygens (including phenoxy) is 2. The molecular weight excluding hydrogens is 392 g/mol. The van der Waals surface area contributed by atoms with Crippen molar-refractivity contribution >= 4 is 27.6 Å². The van der Waals surface area contributed by atoms with Crippen LogP contribution in [-0.4, -0.2) is 22.9 Å². The minimum atomic E-state index is -0.268. The Kier molecular flexibility index (Phi) is 5.38. The molecule has 0 fully saturated rings. The van der Waals surface area contributed by atoms with Crippen molar-refractivity contribution in [2.24, 2.45) is 7.05 Å². The van der Waals surface area contributed by atoms with E-state index in [1.54, 1.807) is 29.5 Å². The molecule has 0 unspecified atom stereocenters. The van der Waals surface area contributed by atoms with Crippen molar-refractivity contribution in [3.8, 4) is 5.75 Å². The van der Waals surface area contributed by atoms with Crippen LogP contribution in [0.3, 0.4) is 0 Å². The van der Waals surface area contributed by atoms with Crippen molar-refractivity contribution in [3.05, 3.63) is 93.0 Å². The Bertz CT molecular complexity index is 1410. The molecule has 0 aliphatic rings. The van der Waals surface area contributed by atoms with Crippen LogP contribution in [0, 0.1) is 0 Å². The van der Waals surface area contributed by atoms with Crippen molar-refractivity contribution in [2.45, 2.75) is 13.5 Å². The highest BCUT2D eigenvalue weighted by Crippen LogP contribution is 2.24. The lowest BCUT2D eigenvalue weighted by Gasteiger charge is -2.08. The number of hydrogen-bond donors (Lipinski definition) is 0.